The van der Waals surface area contributed by atoms with E-state index in [0.29, 0.717) is 16.3 Å². The number of nitrogens with zero attached hydrogens (tertiary/aromatic N) is 1. The molecule has 1 N–H and O–H groups in total. The third-order valence-electron chi connectivity index (χ3n) is 3.87. The number of carbonyl (C=O) groups is 1. The molecule has 20 heavy (non-hydrogen) atoms. The van der Waals surface area contributed by atoms with Gasteiger partial charge >= 0.3 is 0 Å². The first-order valence-corrected chi connectivity index (χ1v) is 7.18. The second-order valence-corrected chi connectivity index (χ2v) is 5.91. The molecule has 0 aliphatic carbocycles. The molecule has 2 rings (SSSR count). The van der Waals surface area contributed by atoms with Crippen molar-refractivity contribution in [1.29, 1.82) is 0 Å². The fourth-order valence-corrected chi connectivity index (χ4v) is 2.73. The topological polar surface area (TPSA) is 41.6 Å². The molecule has 1 aliphatic rings. The molecule has 1 fully saturated rings. The van der Waals surface area contributed by atoms with Gasteiger partial charge in [0.05, 0.1) is 18.2 Å². The Balaban J connectivity index is 2.31. The lowest BCUT2D eigenvalue weighted by Gasteiger charge is -2.40. The quantitative estimate of drug-likeness (QED) is 0.865. The van der Waals surface area contributed by atoms with Crippen LogP contribution < -0.4 is 10.1 Å². The number of halogens is 1. The second-order valence-electron chi connectivity index (χ2n) is 5.47. The van der Waals surface area contributed by atoms with E-state index in [0.717, 1.165) is 26.2 Å². The number of carbonyl (C=O) groups excluding carboxylic acids is 1. The maximum absolute atomic E-state index is 12.9. The summed E-state index contributed by atoms with van der Waals surface area (Å²) in [6.45, 7) is 7.46. The first-order chi connectivity index (χ1) is 9.46. The van der Waals surface area contributed by atoms with Crippen LogP contribution in [0.1, 0.15) is 24.2 Å². The summed E-state index contributed by atoms with van der Waals surface area (Å²) in [5, 5.41) is 3.84. The average Bonchev–Trinajstić information content (AvgIpc) is 2.47. The SMILES string of the molecule is COc1ccc(Cl)cc1C(=O)C(C)(C)N1CCNCC1. The Kier molecular flexibility index (Phi) is 4.68. The highest BCUT2D eigenvalue weighted by molar-refractivity contribution is 6.31. The molecular weight excluding hydrogens is 276 g/mol. The van der Waals surface area contributed by atoms with Gasteiger partial charge in [-0.1, -0.05) is 11.6 Å². The Bertz CT molecular complexity index is 497. The molecule has 0 saturated carbocycles. The van der Waals surface area contributed by atoms with Gasteiger partial charge in [-0.2, -0.15) is 0 Å². The van der Waals surface area contributed by atoms with Crippen LogP contribution in [0.2, 0.25) is 5.02 Å². The Hall–Kier alpha value is -1.10. The zero-order chi connectivity index (χ0) is 14.8. The molecule has 1 saturated heterocycles. The van der Waals surface area contributed by atoms with Gasteiger partial charge in [0, 0.05) is 31.2 Å². The summed E-state index contributed by atoms with van der Waals surface area (Å²) in [4.78, 5) is 15.1. The van der Waals surface area contributed by atoms with Crippen molar-refractivity contribution in [1.82, 2.24) is 10.2 Å². The standard InChI is InChI=1S/C15H21ClN2O2/c1-15(2,18-8-6-17-7-9-18)14(19)12-10-11(16)4-5-13(12)20-3/h4-5,10,17H,6-9H2,1-3H3. The van der Waals surface area contributed by atoms with E-state index >= 15 is 0 Å². The fraction of sp³-hybridized carbons (Fsp3) is 0.533. The summed E-state index contributed by atoms with van der Waals surface area (Å²) in [6.07, 6.45) is 0. The first-order valence-electron chi connectivity index (χ1n) is 6.81. The lowest BCUT2D eigenvalue weighted by molar-refractivity contribution is 0.0599. The van der Waals surface area contributed by atoms with E-state index in [1.165, 1.54) is 0 Å². The summed E-state index contributed by atoms with van der Waals surface area (Å²) in [5.41, 5.74) is -0.0244. The number of nitrogens with one attached hydrogen (secondary N) is 1. The summed E-state index contributed by atoms with van der Waals surface area (Å²) < 4.78 is 5.29. The Morgan fingerprint density at radius 1 is 1.35 bits per heavy atom. The molecule has 0 bridgehead atoms. The minimum atomic E-state index is -0.569. The van der Waals surface area contributed by atoms with Gasteiger partial charge in [-0.3, -0.25) is 9.69 Å². The summed E-state index contributed by atoms with van der Waals surface area (Å²) >= 11 is 6.02. The fourth-order valence-electron chi connectivity index (χ4n) is 2.55. The van der Waals surface area contributed by atoms with Crippen molar-refractivity contribution >= 4 is 17.4 Å². The number of piperazine rings is 1. The van der Waals surface area contributed by atoms with Crippen molar-refractivity contribution in [2.24, 2.45) is 0 Å². The van der Waals surface area contributed by atoms with Crippen molar-refractivity contribution in [2.75, 3.05) is 33.3 Å². The number of ether oxygens (including phenoxy) is 1. The first kappa shape index (κ1) is 15.3. The van der Waals surface area contributed by atoms with E-state index in [-0.39, 0.29) is 5.78 Å². The summed E-state index contributed by atoms with van der Waals surface area (Å²) in [5.74, 6) is 0.612. The average molecular weight is 297 g/mol. The second kappa shape index (κ2) is 6.12. The monoisotopic (exact) mass is 296 g/mol. The van der Waals surface area contributed by atoms with Crippen LogP contribution in [0, 0.1) is 0 Å². The van der Waals surface area contributed by atoms with Crippen LogP contribution in [0.25, 0.3) is 0 Å². The summed E-state index contributed by atoms with van der Waals surface area (Å²) in [6, 6.07) is 5.16. The number of Topliss-reactive ketones (excluding diaryl/α,β-unsaturated/α-hetero) is 1. The largest absolute Gasteiger partial charge is 0.496 e. The van der Waals surface area contributed by atoms with Crippen LogP contribution in [0.15, 0.2) is 18.2 Å². The minimum absolute atomic E-state index is 0.0405. The number of benzene rings is 1. The summed E-state index contributed by atoms with van der Waals surface area (Å²) in [7, 11) is 1.57. The van der Waals surface area contributed by atoms with Gasteiger partial charge in [0.2, 0.25) is 0 Å². The van der Waals surface area contributed by atoms with Crippen molar-refractivity contribution in [3.63, 3.8) is 0 Å². The molecule has 1 aromatic carbocycles. The highest BCUT2D eigenvalue weighted by Crippen LogP contribution is 2.29. The maximum Gasteiger partial charge on any atom is 0.186 e. The number of methoxy groups -OCH3 is 1. The third-order valence-corrected chi connectivity index (χ3v) is 4.10. The van der Waals surface area contributed by atoms with E-state index < -0.39 is 5.54 Å². The molecule has 0 aromatic heterocycles. The van der Waals surface area contributed by atoms with Gasteiger partial charge in [0.25, 0.3) is 0 Å². The molecule has 110 valence electrons. The smallest absolute Gasteiger partial charge is 0.186 e. The van der Waals surface area contributed by atoms with Gasteiger partial charge in [-0.25, -0.2) is 0 Å². The molecule has 5 heteroatoms. The Morgan fingerprint density at radius 3 is 2.60 bits per heavy atom. The normalized spacial score (nSPS) is 17.0. The van der Waals surface area contributed by atoms with Crippen molar-refractivity contribution in [3.05, 3.63) is 28.8 Å². The molecule has 1 heterocycles. The Labute approximate surface area is 125 Å². The van der Waals surface area contributed by atoms with Crippen molar-refractivity contribution < 1.29 is 9.53 Å². The van der Waals surface area contributed by atoms with Crippen LogP contribution in [-0.2, 0) is 0 Å². The van der Waals surface area contributed by atoms with Crippen molar-refractivity contribution in [3.8, 4) is 5.75 Å². The van der Waals surface area contributed by atoms with Crippen LogP contribution >= 0.6 is 11.6 Å². The zero-order valence-electron chi connectivity index (χ0n) is 12.2. The lowest BCUT2D eigenvalue weighted by Crippen LogP contribution is -2.57. The molecular formula is C15H21ClN2O2. The van der Waals surface area contributed by atoms with Crippen LogP contribution in [0.5, 0.6) is 5.75 Å². The highest BCUT2D eigenvalue weighted by atomic mass is 35.5. The molecule has 1 aromatic rings. The van der Waals surface area contributed by atoms with Gasteiger partial charge in [-0.15, -0.1) is 0 Å². The van der Waals surface area contributed by atoms with Crippen LogP contribution in [0.3, 0.4) is 0 Å². The predicted molar refractivity (Wildman–Crippen MR) is 80.9 cm³/mol. The highest BCUT2D eigenvalue weighted by Gasteiger charge is 2.37. The van der Waals surface area contributed by atoms with E-state index in [9.17, 15) is 4.79 Å². The van der Waals surface area contributed by atoms with E-state index in [1.54, 1.807) is 25.3 Å². The number of hydrogen-bond acceptors (Lipinski definition) is 4. The predicted octanol–water partition coefficient (Wildman–Crippen LogP) is 2.22. The maximum atomic E-state index is 12.9. The van der Waals surface area contributed by atoms with Gasteiger partial charge < -0.3 is 10.1 Å². The third kappa shape index (κ3) is 2.97. The molecule has 1 aliphatic heterocycles. The molecule has 0 spiro atoms. The molecule has 0 atom stereocenters. The zero-order valence-corrected chi connectivity index (χ0v) is 13.0. The lowest BCUT2D eigenvalue weighted by atomic mass is 9.90. The van der Waals surface area contributed by atoms with E-state index in [1.807, 2.05) is 13.8 Å². The molecule has 4 nitrogen and oxygen atoms in total. The number of ketones is 1. The van der Waals surface area contributed by atoms with Gasteiger partial charge in [-0.05, 0) is 32.0 Å². The van der Waals surface area contributed by atoms with Gasteiger partial charge in [0.15, 0.2) is 5.78 Å². The Morgan fingerprint density at radius 2 is 2.00 bits per heavy atom. The van der Waals surface area contributed by atoms with Crippen LogP contribution in [-0.4, -0.2) is 49.5 Å². The molecule has 0 unspecified atom stereocenters. The van der Waals surface area contributed by atoms with E-state index in [2.05, 4.69) is 10.2 Å². The number of rotatable bonds is 4. The molecule has 0 amide bonds. The van der Waals surface area contributed by atoms with Crippen molar-refractivity contribution in [2.45, 2.75) is 19.4 Å². The van der Waals surface area contributed by atoms with Gasteiger partial charge in [0.1, 0.15) is 5.75 Å². The van der Waals surface area contributed by atoms with E-state index in [4.69, 9.17) is 16.3 Å². The van der Waals surface area contributed by atoms with Crippen LogP contribution in [0.4, 0.5) is 0 Å². The molecule has 0 radical (unpaired) electrons. The number of hydrogen-bond donors (Lipinski definition) is 1. The minimum Gasteiger partial charge on any atom is -0.496 e.